The maximum atomic E-state index is 13.8. The highest BCUT2D eigenvalue weighted by Crippen LogP contribution is 2.29. The highest BCUT2D eigenvalue weighted by atomic mass is 19.1. The van der Waals surface area contributed by atoms with E-state index in [1.807, 2.05) is 37.4 Å². The predicted molar refractivity (Wildman–Crippen MR) is 82.4 cm³/mol. The monoisotopic (exact) mass is 271 g/mol. The normalized spacial score (nSPS) is 13.2. The lowest BCUT2D eigenvalue weighted by Crippen LogP contribution is -2.44. The SMILES string of the molecule is CNC(Cc1ccccc1F)C(C)(C)c1ccccc1. The molecule has 1 atom stereocenters. The first-order chi connectivity index (χ1) is 9.55. The van der Waals surface area contributed by atoms with Gasteiger partial charge in [-0.25, -0.2) is 4.39 Å². The Morgan fingerprint density at radius 1 is 1.00 bits per heavy atom. The lowest BCUT2D eigenvalue weighted by atomic mass is 9.75. The lowest BCUT2D eigenvalue weighted by molar-refractivity contribution is 0.353. The lowest BCUT2D eigenvalue weighted by Gasteiger charge is -2.35. The first-order valence-corrected chi connectivity index (χ1v) is 7.02. The minimum absolute atomic E-state index is 0.0711. The molecular formula is C18H22FN. The number of likely N-dealkylation sites (N-methyl/N-ethyl adjacent to an activating group) is 1. The smallest absolute Gasteiger partial charge is 0.126 e. The Labute approximate surface area is 120 Å². The molecule has 1 N–H and O–H groups in total. The third kappa shape index (κ3) is 3.07. The van der Waals surface area contributed by atoms with Crippen molar-refractivity contribution in [3.63, 3.8) is 0 Å². The van der Waals surface area contributed by atoms with Crippen LogP contribution in [0.5, 0.6) is 0 Å². The Morgan fingerprint density at radius 2 is 1.60 bits per heavy atom. The number of hydrogen-bond donors (Lipinski definition) is 1. The van der Waals surface area contributed by atoms with Gasteiger partial charge in [-0.1, -0.05) is 62.4 Å². The maximum absolute atomic E-state index is 13.8. The van der Waals surface area contributed by atoms with Gasteiger partial charge in [0.2, 0.25) is 0 Å². The van der Waals surface area contributed by atoms with Crippen LogP contribution in [0.2, 0.25) is 0 Å². The van der Waals surface area contributed by atoms with Gasteiger partial charge in [-0.05, 0) is 30.7 Å². The van der Waals surface area contributed by atoms with Crippen molar-refractivity contribution in [3.05, 3.63) is 71.5 Å². The molecule has 0 heterocycles. The molecule has 0 saturated carbocycles. The van der Waals surface area contributed by atoms with Gasteiger partial charge in [0.05, 0.1) is 0 Å². The summed E-state index contributed by atoms with van der Waals surface area (Å²) in [5.41, 5.74) is 1.95. The number of rotatable bonds is 5. The minimum atomic E-state index is -0.128. The van der Waals surface area contributed by atoms with Crippen molar-refractivity contribution in [2.24, 2.45) is 0 Å². The first kappa shape index (κ1) is 14.7. The maximum Gasteiger partial charge on any atom is 0.126 e. The van der Waals surface area contributed by atoms with E-state index in [2.05, 4.69) is 31.3 Å². The molecule has 2 rings (SSSR count). The Bertz CT molecular complexity index is 548. The van der Waals surface area contributed by atoms with Crippen molar-refractivity contribution >= 4 is 0 Å². The Hall–Kier alpha value is -1.67. The summed E-state index contributed by atoms with van der Waals surface area (Å²) >= 11 is 0. The summed E-state index contributed by atoms with van der Waals surface area (Å²) in [6.07, 6.45) is 0.672. The summed E-state index contributed by atoms with van der Waals surface area (Å²) in [6, 6.07) is 17.6. The number of halogens is 1. The summed E-state index contributed by atoms with van der Waals surface area (Å²) in [5, 5.41) is 3.35. The van der Waals surface area contributed by atoms with Crippen LogP contribution in [0.3, 0.4) is 0 Å². The van der Waals surface area contributed by atoms with Crippen LogP contribution in [0.15, 0.2) is 54.6 Å². The molecule has 0 fully saturated rings. The van der Waals surface area contributed by atoms with Crippen LogP contribution < -0.4 is 5.32 Å². The molecular weight excluding hydrogens is 249 g/mol. The average Bonchev–Trinajstić information content (AvgIpc) is 2.47. The number of nitrogens with one attached hydrogen (secondary N) is 1. The molecule has 1 unspecified atom stereocenters. The van der Waals surface area contributed by atoms with Crippen LogP contribution in [-0.4, -0.2) is 13.1 Å². The summed E-state index contributed by atoms with van der Waals surface area (Å²) in [6.45, 7) is 4.40. The number of benzene rings is 2. The standard InChI is InChI=1S/C18H22FN/c1-18(2,15-10-5-4-6-11-15)17(20-3)13-14-9-7-8-12-16(14)19/h4-12,17,20H,13H2,1-3H3. The Balaban J connectivity index is 2.26. The number of hydrogen-bond acceptors (Lipinski definition) is 1. The largest absolute Gasteiger partial charge is 0.316 e. The summed E-state index contributed by atoms with van der Waals surface area (Å²) < 4.78 is 13.8. The van der Waals surface area contributed by atoms with Crippen molar-refractivity contribution in [1.82, 2.24) is 5.32 Å². The first-order valence-electron chi connectivity index (χ1n) is 7.02. The highest BCUT2D eigenvalue weighted by molar-refractivity contribution is 5.28. The van der Waals surface area contributed by atoms with E-state index in [1.54, 1.807) is 6.07 Å². The van der Waals surface area contributed by atoms with E-state index in [9.17, 15) is 4.39 Å². The molecule has 2 aromatic carbocycles. The van der Waals surface area contributed by atoms with Gasteiger partial charge in [-0.15, -0.1) is 0 Å². The van der Waals surface area contributed by atoms with E-state index < -0.39 is 0 Å². The zero-order chi connectivity index (χ0) is 14.6. The van der Waals surface area contributed by atoms with E-state index in [1.165, 1.54) is 11.6 Å². The molecule has 0 aromatic heterocycles. The molecule has 0 spiro atoms. The molecule has 0 saturated heterocycles. The van der Waals surface area contributed by atoms with Crippen molar-refractivity contribution in [1.29, 1.82) is 0 Å². The second-order valence-corrected chi connectivity index (χ2v) is 5.72. The quantitative estimate of drug-likeness (QED) is 0.868. The van der Waals surface area contributed by atoms with Crippen LogP contribution in [0.25, 0.3) is 0 Å². The fourth-order valence-electron chi connectivity index (χ4n) is 2.67. The molecule has 0 bridgehead atoms. The van der Waals surface area contributed by atoms with Gasteiger partial charge < -0.3 is 5.32 Å². The zero-order valence-electron chi connectivity index (χ0n) is 12.4. The van der Waals surface area contributed by atoms with Gasteiger partial charge >= 0.3 is 0 Å². The third-order valence-electron chi connectivity index (χ3n) is 4.12. The van der Waals surface area contributed by atoms with Crippen molar-refractivity contribution < 1.29 is 4.39 Å². The average molecular weight is 271 g/mol. The third-order valence-corrected chi connectivity index (χ3v) is 4.12. The van der Waals surface area contributed by atoms with E-state index in [-0.39, 0.29) is 17.3 Å². The molecule has 1 nitrogen and oxygen atoms in total. The second kappa shape index (κ2) is 6.19. The van der Waals surface area contributed by atoms with Crippen molar-refractivity contribution in [3.8, 4) is 0 Å². The Morgan fingerprint density at radius 3 is 2.20 bits per heavy atom. The van der Waals surface area contributed by atoms with E-state index in [0.717, 1.165) is 5.56 Å². The molecule has 0 aliphatic heterocycles. The summed E-state index contributed by atoms with van der Waals surface area (Å²) in [4.78, 5) is 0. The van der Waals surface area contributed by atoms with Gasteiger partial charge in [0.25, 0.3) is 0 Å². The van der Waals surface area contributed by atoms with Crippen LogP contribution in [0.4, 0.5) is 4.39 Å². The fourth-order valence-corrected chi connectivity index (χ4v) is 2.67. The predicted octanol–water partition coefficient (Wildman–Crippen LogP) is 3.93. The summed E-state index contributed by atoms with van der Waals surface area (Å²) in [5.74, 6) is -0.128. The van der Waals surface area contributed by atoms with E-state index >= 15 is 0 Å². The van der Waals surface area contributed by atoms with Gasteiger partial charge in [-0.2, -0.15) is 0 Å². The van der Waals surface area contributed by atoms with Gasteiger partial charge in [0.1, 0.15) is 5.82 Å². The van der Waals surface area contributed by atoms with Crippen molar-refractivity contribution in [2.45, 2.75) is 31.7 Å². The molecule has 0 aliphatic rings. The summed E-state index contributed by atoms with van der Waals surface area (Å²) in [7, 11) is 1.94. The highest BCUT2D eigenvalue weighted by Gasteiger charge is 2.30. The molecule has 106 valence electrons. The van der Waals surface area contributed by atoms with Crippen molar-refractivity contribution in [2.75, 3.05) is 7.05 Å². The second-order valence-electron chi connectivity index (χ2n) is 5.72. The minimum Gasteiger partial charge on any atom is -0.316 e. The van der Waals surface area contributed by atoms with Crippen LogP contribution in [0.1, 0.15) is 25.0 Å². The van der Waals surface area contributed by atoms with Crippen LogP contribution >= 0.6 is 0 Å². The van der Waals surface area contributed by atoms with Crippen LogP contribution in [0, 0.1) is 5.82 Å². The van der Waals surface area contributed by atoms with Crippen LogP contribution in [-0.2, 0) is 11.8 Å². The molecule has 0 aliphatic carbocycles. The van der Waals surface area contributed by atoms with Gasteiger partial charge in [-0.3, -0.25) is 0 Å². The topological polar surface area (TPSA) is 12.0 Å². The van der Waals surface area contributed by atoms with Gasteiger partial charge in [0, 0.05) is 11.5 Å². The zero-order valence-corrected chi connectivity index (χ0v) is 12.4. The Kier molecular flexibility index (Phi) is 4.56. The molecule has 0 amide bonds. The van der Waals surface area contributed by atoms with E-state index in [4.69, 9.17) is 0 Å². The van der Waals surface area contributed by atoms with E-state index in [0.29, 0.717) is 6.42 Å². The molecule has 0 radical (unpaired) electrons. The molecule has 2 aromatic rings. The fraction of sp³-hybridized carbons (Fsp3) is 0.333. The molecule has 20 heavy (non-hydrogen) atoms. The van der Waals surface area contributed by atoms with Gasteiger partial charge in [0.15, 0.2) is 0 Å². The molecule has 2 heteroatoms.